The molecule has 0 N–H and O–H groups in total. The second kappa shape index (κ2) is 9.46. The Bertz CT molecular complexity index is 754. The van der Waals surface area contributed by atoms with Crippen LogP contribution in [0.15, 0.2) is 59.5 Å². The Labute approximate surface area is 148 Å². The third kappa shape index (κ3) is 6.42. The van der Waals surface area contributed by atoms with Gasteiger partial charge in [0.05, 0.1) is 18.1 Å². The van der Waals surface area contributed by atoms with Gasteiger partial charge in [0, 0.05) is 6.42 Å². The number of aldehydes is 1. The Kier molecular flexibility index (Phi) is 7.31. The van der Waals surface area contributed by atoms with Crippen LogP contribution in [0.1, 0.15) is 24.0 Å². The fourth-order valence-electron chi connectivity index (χ4n) is 2.24. The highest BCUT2D eigenvalue weighted by atomic mass is 32.2. The summed E-state index contributed by atoms with van der Waals surface area (Å²) in [6, 6.07) is 16.0. The van der Waals surface area contributed by atoms with Crippen molar-refractivity contribution in [2.75, 3.05) is 6.61 Å². The van der Waals surface area contributed by atoms with Crippen molar-refractivity contribution in [1.82, 2.24) is 0 Å². The topological polar surface area (TPSA) is 69.7 Å². The van der Waals surface area contributed by atoms with E-state index in [1.807, 2.05) is 37.3 Å². The predicted molar refractivity (Wildman–Crippen MR) is 94.6 cm³/mol. The molecule has 2 aromatic rings. The van der Waals surface area contributed by atoms with E-state index >= 15 is 0 Å². The van der Waals surface area contributed by atoms with Crippen molar-refractivity contribution in [3.63, 3.8) is 0 Å². The first-order valence-electron chi connectivity index (χ1n) is 8.06. The van der Waals surface area contributed by atoms with Gasteiger partial charge in [-0.1, -0.05) is 48.0 Å². The van der Waals surface area contributed by atoms with Crippen LogP contribution >= 0.6 is 0 Å². The van der Waals surface area contributed by atoms with Gasteiger partial charge in [0.2, 0.25) is 0 Å². The SMILES string of the molecule is Cc1ccc(S(=O)(=O)O[C@H](CCC=O)COCc2ccccc2)cc1. The van der Waals surface area contributed by atoms with Gasteiger partial charge in [-0.15, -0.1) is 0 Å². The Morgan fingerprint density at radius 1 is 1.04 bits per heavy atom. The molecule has 134 valence electrons. The highest BCUT2D eigenvalue weighted by Gasteiger charge is 2.22. The van der Waals surface area contributed by atoms with Crippen LogP contribution in [0.3, 0.4) is 0 Å². The minimum absolute atomic E-state index is 0.0911. The van der Waals surface area contributed by atoms with Crippen LogP contribution in [0.4, 0.5) is 0 Å². The van der Waals surface area contributed by atoms with E-state index in [1.165, 1.54) is 12.1 Å². The van der Waals surface area contributed by atoms with E-state index in [4.69, 9.17) is 8.92 Å². The summed E-state index contributed by atoms with van der Waals surface area (Å²) in [6.45, 7) is 2.32. The largest absolute Gasteiger partial charge is 0.374 e. The standard InChI is InChI=1S/C19H22O5S/c1-16-9-11-19(12-10-16)25(21,22)24-18(8-5-13-20)15-23-14-17-6-3-2-4-7-17/h2-4,6-7,9-13,18H,5,8,14-15H2,1H3/t18-/m1/s1. The summed E-state index contributed by atoms with van der Waals surface area (Å²) in [7, 11) is -3.90. The molecule has 5 nitrogen and oxygen atoms in total. The van der Waals surface area contributed by atoms with Crippen molar-refractivity contribution in [2.24, 2.45) is 0 Å². The Balaban J connectivity index is 1.98. The number of carbonyl (C=O) groups is 1. The molecule has 0 bridgehead atoms. The summed E-state index contributed by atoms with van der Waals surface area (Å²) < 4.78 is 35.6. The fourth-order valence-corrected chi connectivity index (χ4v) is 3.33. The zero-order valence-corrected chi connectivity index (χ0v) is 14.9. The van der Waals surface area contributed by atoms with E-state index in [1.54, 1.807) is 12.1 Å². The van der Waals surface area contributed by atoms with E-state index in [2.05, 4.69) is 0 Å². The zero-order valence-electron chi connectivity index (χ0n) is 14.1. The van der Waals surface area contributed by atoms with Gasteiger partial charge in [-0.05, 0) is 31.0 Å². The summed E-state index contributed by atoms with van der Waals surface area (Å²) in [6.07, 6.45) is 0.526. The van der Waals surface area contributed by atoms with Crippen LogP contribution in [0, 0.1) is 6.92 Å². The molecule has 2 rings (SSSR count). The normalized spacial score (nSPS) is 12.7. The maximum atomic E-state index is 12.4. The third-order valence-electron chi connectivity index (χ3n) is 3.59. The summed E-state index contributed by atoms with van der Waals surface area (Å²) >= 11 is 0. The van der Waals surface area contributed by atoms with Crippen molar-refractivity contribution in [2.45, 2.75) is 37.4 Å². The van der Waals surface area contributed by atoms with E-state index in [0.717, 1.165) is 17.4 Å². The molecule has 2 aromatic carbocycles. The maximum Gasteiger partial charge on any atom is 0.297 e. The van der Waals surface area contributed by atoms with Crippen LogP contribution in [-0.4, -0.2) is 27.4 Å². The minimum atomic E-state index is -3.90. The molecular formula is C19H22O5S. The summed E-state index contributed by atoms with van der Waals surface area (Å²) in [5, 5.41) is 0. The molecule has 1 atom stereocenters. The summed E-state index contributed by atoms with van der Waals surface area (Å²) in [4.78, 5) is 10.7. The minimum Gasteiger partial charge on any atom is -0.374 e. The van der Waals surface area contributed by atoms with E-state index in [-0.39, 0.29) is 24.3 Å². The van der Waals surface area contributed by atoms with Crippen LogP contribution in [0.5, 0.6) is 0 Å². The number of carbonyl (C=O) groups excluding carboxylic acids is 1. The van der Waals surface area contributed by atoms with Gasteiger partial charge in [0.25, 0.3) is 10.1 Å². The van der Waals surface area contributed by atoms with Crippen LogP contribution in [0.2, 0.25) is 0 Å². The van der Waals surface area contributed by atoms with Crippen LogP contribution in [-0.2, 0) is 30.4 Å². The second-order valence-corrected chi connectivity index (χ2v) is 7.30. The lowest BCUT2D eigenvalue weighted by atomic mass is 10.2. The number of aryl methyl sites for hydroxylation is 1. The number of benzene rings is 2. The van der Waals surface area contributed by atoms with Gasteiger partial charge in [-0.25, -0.2) is 0 Å². The van der Waals surface area contributed by atoms with E-state index in [0.29, 0.717) is 6.61 Å². The second-order valence-electron chi connectivity index (χ2n) is 5.73. The lowest BCUT2D eigenvalue weighted by Gasteiger charge is -2.17. The number of ether oxygens (including phenoxy) is 1. The smallest absolute Gasteiger partial charge is 0.297 e. The monoisotopic (exact) mass is 362 g/mol. The highest BCUT2D eigenvalue weighted by molar-refractivity contribution is 7.86. The van der Waals surface area contributed by atoms with Crippen molar-refractivity contribution < 1.29 is 22.1 Å². The van der Waals surface area contributed by atoms with E-state index in [9.17, 15) is 13.2 Å². The molecule has 0 aliphatic rings. The lowest BCUT2D eigenvalue weighted by Crippen LogP contribution is -2.24. The number of rotatable bonds is 10. The van der Waals surface area contributed by atoms with Crippen molar-refractivity contribution in [3.05, 3.63) is 65.7 Å². The number of hydrogen-bond donors (Lipinski definition) is 0. The van der Waals surface area contributed by atoms with Crippen LogP contribution in [0.25, 0.3) is 0 Å². The van der Waals surface area contributed by atoms with Crippen molar-refractivity contribution in [1.29, 1.82) is 0 Å². The van der Waals surface area contributed by atoms with Gasteiger partial charge in [-0.2, -0.15) is 8.42 Å². The van der Waals surface area contributed by atoms with Crippen molar-refractivity contribution in [3.8, 4) is 0 Å². The molecule has 25 heavy (non-hydrogen) atoms. The molecule has 6 heteroatoms. The molecule has 0 saturated heterocycles. The van der Waals surface area contributed by atoms with Crippen LogP contribution < -0.4 is 0 Å². The predicted octanol–water partition coefficient (Wildman–Crippen LogP) is 3.26. The Morgan fingerprint density at radius 3 is 2.36 bits per heavy atom. The molecule has 0 radical (unpaired) electrons. The summed E-state index contributed by atoms with van der Waals surface area (Å²) in [5.74, 6) is 0. The molecule has 0 aromatic heterocycles. The first kappa shape index (κ1) is 19.3. The Hall–Kier alpha value is -2.02. The molecule has 0 unspecified atom stereocenters. The third-order valence-corrected chi connectivity index (χ3v) is 4.97. The average molecular weight is 362 g/mol. The molecule has 0 saturated carbocycles. The fraction of sp³-hybridized carbons (Fsp3) is 0.316. The number of hydrogen-bond acceptors (Lipinski definition) is 5. The average Bonchev–Trinajstić information content (AvgIpc) is 2.60. The first-order valence-corrected chi connectivity index (χ1v) is 9.47. The molecule has 0 fully saturated rings. The highest BCUT2D eigenvalue weighted by Crippen LogP contribution is 2.17. The molecule has 0 amide bonds. The lowest BCUT2D eigenvalue weighted by molar-refractivity contribution is -0.108. The molecular weight excluding hydrogens is 340 g/mol. The maximum absolute atomic E-state index is 12.4. The van der Waals surface area contributed by atoms with Gasteiger partial charge in [0.1, 0.15) is 12.4 Å². The van der Waals surface area contributed by atoms with E-state index < -0.39 is 16.2 Å². The summed E-state index contributed by atoms with van der Waals surface area (Å²) in [5.41, 5.74) is 1.95. The molecule has 0 aliphatic heterocycles. The van der Waals surface area contributed by atoms with Gasteiger partial charge >= 0.3 is 0 Å². The van der Waals surface area contributed by atoms with Gasteiger partial charge in [-0.3, -0.25) is 4.18 Å². The van der Waals surface area contributed by atoms with Gasteiger partial charge in [0.15, 0.2) is 0 Å². The van der Waals surface area contributed by atoms with Crippen molar-refractivity contribution >= 4 is 16.4 Å². The Morgan fingerprint density at radius 2 is 1.72 bits per heavy atom. The van der Waals surface area contributed by atoms with Gasteiger partial charge < -0.3 is 9.53 Å². The molecule has 0 spiro atoms. The molecule has 0 heterocycles. The molecule has 0 aliphatic carbocycles. The zero-order chi connectivity index (χ0) is 18.1. The quantitative estimate of drug-likeness (QED) is 0.479. The first-order chi connectivity index (χ1) is 12.0.